The molecule has 2 aromatic carbocycles. The average molecular weight is 449 g/mol. The number of aromatic nitrogens is 2. The van der Waals surface area contributed by atoms with Crippen molar-refractivity contribution in [3.63, 3.8) is 0 Å². The fraction of sp³-hybridized carbons (Fsp3) is 0.292. The van der Waals surface area contributed by atoms with E-state index in [0.717, 1.165) is 34.6 Å². The van der Waals surface area contributed by atoms with Crippen molar-refractivity contribution in [1.82, 2.24) is 9.97 Å². The molecule has 1 aromatic heterocycles. The molecule has 0 spiro atoms. The van der Waals surface area contributed by atoms with Gasteiger partial charge in [0, 0.05) is 16.9 Å². The number of H-pyrrole nitrogens is 1. The molecule has 0 amide bonds. The zero-order chi connectivity index (χ0) is 23.7. The number of hydrogen-bond donors (Lipinski definition) is 3. The van der Waals surface area contributed by atoms with Crippen molar-refractivity contribution in [2.45, 2.75) is 39.9 Å². The van der Waals surface area contributed by atoms with Crippen LogP contribution in [0.3, 0.4) is 0 Å². The van der Waals surface area contributed by atoms with E-state index in [1.807, 2.05) is 33.8 Å². The Bertz CT molecular complexity index is 1140. The van der Waals surface area contributed by atoms with E-state index in [9.17, 15) is 20.1 Å². The number of aryl methyl sites for hydroxylation is 1. The van der Waals surface area contributed by atoms with Crippen molar-refractivity contribution in [2.24, 2.45) is 0 Å². The topological polar surface area (TPSA) is 110 Å². The summed E-state index contributed by atoms with van der Waals surface area (Å²) in [6, 6.07) is 14.4. The molecule has 3 aromatic rings. The van der Waals surface area contributed by atoms with E-state index in [1.54, 1.807) is 48.2 Å². The first-order valence-corrected chi connectivity index (χ1v) is 11.9. The van der Waals surface area contributed by atoms with E-state index in [0.29, 0.717) is 28.2 Å². The quantitative estimate of drug-likeness (QED) is 0.528. The molecule has 2 heterocycles. The van der Waals surface area contributed by atoms with E-state index in [4.69, 9.17) is 0 Å². The maximum Gasteiger partial charge on any atom is 0.488 e. The average Bonchev–Trinajstić information content (AvgIpc) is 2.86. The first kappa shape index (κ1) is 25.4. The van der Waals surface area contributed by atoms with Gasteiger partial charge in [-0.25, -0.2) is 4.98 Å². The van der Waals surface area contributed by atoms with E-state index in [-0.39, 0.29) is 5.56 Å². The van der Waals surface area contributed by atoms with Gasteiger partial charge in [-0.3, -0.25) is 4.79 Å². The van der Waals surface area contributed by atoms with Crippen molar-refractivity contribution in [1.29, 1.82) is 5.26 Å². The molecule has 8 heteroatoms. The molecule has 0 fully saturated rings. The largest absolute Gasteiger partial charge is 0.488 e. The Kier molecular flexibility index (Phi) is 9.73. The molecular formula is C24H28BN3O3S. The van der Waals surface area contributed by atoms with Gasteiger partial charge in [-0.15, -0.1) is 0 Å². The zero-order valence-corrected chi connectivity index (χ0v) is 19.7. The van der Waals surface area contributed by atoms with Crippen LogP contribution in [0.4, 0.5) is 0 Å². The second-order valence-electron chi connectivity index (χ2n) is 6.51. The first-order valence-electron chi connectivity index (χ1n) is 10.8. The summed E-state index contributed by atoms with van der Waals surface area (Å²) in [7, 11) is -1.52. The van der Waals surface area contributed by atoms with Crippen LogP contribution in [0.25, 0.3) is 22.5 Å². The third-order valence-corrected chi connectivity index (χ3v) is 5.75. The van der Waals surface area contributed by atoms with Gasteiger partial charge >= 0.3 is 7.12 Å². The second kappa shape index (κ2) is 12.3. The summed E-state index contributed by atoms with van der Waals surface area (Å²) in [6.45, 7) is 8.00. The van der Waals surface area contributed by atoms with Gasteiger partial charge < -0.3 is 15.0 Å². The highest BCUT2D eigenvalue weighted by molar-refractivity contribution is 7.98. The standard InChI is InChI=1S/C20H16BN3O3S.2C2H6/c22-10-14-9-13(12-1-4-15(5-2-12)21(26)27)3-6-16(14)19-23-18-7-8-28-11-17(18)20(25)24-19;2*1-2/h1-6,9,26-27H,7-8,11H2,(H,23,24,25);2*1-2H3. The van der Waals surface area contributed by atoms with Crippen molar-refractivity contribution in [3.05, 3.63) is 69.6 Å². The Hall–Kier alpha value is -2.86. The number of nitriles is 1. The van der Waals surface area contributed by atoms with Gasteiger partial charge in [0.05, 0.1) is 17.3 Å². The lowest BCUT2D eigenvalue weighted by molar-refractivity contribution is 0.426. The summed E-state index contributed by atoms with van der Waals surface area (Å²) < 4.78 is 0. The van der Waals surface area contributed by atoms with E-state index in [2.05, 4.69) is 16.0 Å². The zero-order valence-electron chi connectivity index (χ0n) is 18.8. The van der Waals surface area contributed by atoms with Gasteiger partial charge in [-0.2, -0.15) is 17.0 Å². The molecule has 0 saturated carbocycles. The summed E-state index contributed by atoms with van der Waals surface area (Å²) >= 11 is 1.72. The molecular weight excluding hydrogens is 421 g/mol. The minimum absolute atomic E-state index is 0.140. The maximum absolute atomic E-state index is 12.4. The number of rotatable bonds is 3. The molecule has 0 atom stereocenters. The van der Waals surface area contributed by atoms with Crippen LogP contribution in [0, 0.1) is 11.3 Å². The molecule has 3 N–H and O–H groups in total. The molecule has 0 bridgehead atoms. The van der Waals surface area contributed by atoms with Crippen LogP contribution in [-0.2, 0) is 12.2 Å². The third-order valence-electron chi connectivity index (χ3n) is 4.77. The summed E-state index contributed by atoms with van der Waals surface area (Å²) in [5, 5.41) is 28.1. The van der Waals surface area contributed by atoms with Gasteiger partial charge in [-0.05, 0) is 40.9 Å². The third kappa shape index (κ3) is 5.68. The summed E-state index contributed by atoms with van der Waals surface area (Å²) in [5.74, 6) is 2.02. The monoisotopic (exact) mass is 449 g/mol. The molecule has 0 aliphatic carbocycles. The van der Waals surface area contributed by atoms with Crippen LogP contribution in [-0.4, -0.2) is 32.9 Å². The molecule has 0 unspecified atom stereocenters. The molecule has 166 valence electrons. The maximum atomic E-state index is 12.4. The Morgan fingerprint density at radius 2 is 1.72 bits per heavy atom. The first-order chi connectivity index (χ1) is 15.6. The van der Waals surface area contributed by atoms with Crippen molar-refractivity contribution in [2.75, 3.05) is 5.75 Å². The fourth-order valence-corrected chi connectivity index (χ4v) is 4.23. The lowest BCUT2D eigenvalue weighted by atomic mass is 9.80. The Balaban J connectivity index is 0.000000860. The van der Waals surface area contributed by atoms with Crippen LogP contribution >= 0.6 is 11.8 Å². The van der Waals surface area contributed by atoms with Crippen molar-refractivity contribution < 1.29 is 10.0 Å². The molecule has 1 aliphatic rings. The van der Waals surface area contributed by atoms with E-state index in [1.165, 1.54) is 0 Å². The van der Waals surface area contributed by atoms with Gasteiger partial charge in [-0.1, -0.05) is 58.0 Å². The Morgan fingerprint density at radius 1 is 1.06 bits per heavy atom. The predicted molar refractivity (Wildman–Crippen MR) is 133 cm³/mol. The second-order valence-corrected chi connectivity index (χ2v) is 7.62. The van der Waals surface area contributed by atoms with Crippen molar-refractivity contribution >= 4 is 24.3 Å². The highest BCUT2D eigenvalue weighted by Crippen LogP contribution is 2.28. The number of benzene rings is 2. The SMILES string of the molecule is CC.CC.N#Cc1cc(-c2ccc(B(O)O)cc2)ccc1-c1nc2c(c(=O)[nH]1)CSCC2. The highest BCUT2D eigenvalue weighted by Gasteiger charge is 2.18. The van der Waals surface area contributed by atoms with Gasteiger partial charge in [0.2, 0.25) is 0 Å². The van der Waals surface area contributed by atoms with Crippen LogP contribution in [0.5, 0.6) is 0 Å². The lowest BCUT2D eigenvalue weighted by Crippen LogP contribution is -2.29. The minimum atomic E-state index is -1.52. The van der Waals surface area contributed by atoms with Crippen LogP contribution < -0.4 is 11.0 Å². The Morgan fingerprint density at radius 3 is 2.34 bits per heavy atom. The number of nitrogens with zero attached hydrogens (tertiary/aromatic N) is 2. The highest BCUT2D eigenvalue weighted by atomic mass is 32.2. The van der Waals surface area contributed by atoms with Gasteiger partial charge in [0.1, 0.15) is 5.82 Å². The van der Waals surface area contributed by atoms with Gasteiger partial charge in [0.25, 0.3) is 5.56 Å². The van der Waals surface area contributed by atoms with Crippen LogP contribution in [0.2, 0.25) is 0 Å². The van der Waals surface area contributed by atoms with Gasteiger partial charge in [0.15, 0.2) is 0 Å². The van der Waals surface area contributed by atoms with E-state index < -0.39 is 7.12 Å². The molecule has 32 heavy (non-hydrogen) atoms. The molecule has 1 aliphatic heterocycles. The normalized spacial score (nSPS) is 11.7. The number of thioether (sulfide) groups is 1. The summed E-state index contributed by atoms with van der Waals surface area (Å²) in [6.07, 6.45) is 0.750. The number of nitrogens with one attached hydrogen (secondary N) is 1. The van der Waals surface area contributed by atoms with Crippen LogP contribution in [0.15, 0.2) is 47.3 Å². The molecule has 0 saturated heterocycles. The number of hydrogen-bond acceptors (Lipinski definition) is 6. The Labute approximate surface area is 193 Å². The lowest BCUT2D eigenvalue weighted by Gasteiger charge is -2.15. The molecule has 0 radical (unpaired) electrons. The fourth-order valence-electron chi connectivity index (χ4n) is 3.24. The summed E-state index contributed by atoms with van der Waals surface area (Å²) in [5.41, 5.74) is 4.45. The number of aromatic amines is 1. The van der Waals surface area contributed by atoms with Crippen molar-refractivity contribution in [3.8, 4) is 28.6 Å². The van der Waals surface area contributed by atoms with E-state index >= 15 is 0 Å². The molecule has 4 rings (SSSR count). The number of fused-ring (bicyclic) bond motifs is 1. The molecule has 6 nitrogen and oxygen atoms in total. The minimum Gasteiger partial charge on any atom is -0.423 e. The smallest absolute Gasteiger partial charge is 0.423 e. The van der Waals surface area contributed by atoms with Crippen LogP contribution in [0.1, 0.15) is 44.5 Å². The summed E-state index contributed by atoms with van der Waals surface area (Å²) in [4.78, 5) is 19.8. The predicted octanol–water partition coefficient (Wildman–Crippen LogP) is 3.50.